The normalized spacial score (nSPS) is 17.6. The van der Waals surface area contributed by atoms with Gasteiger partial charge in [0.2, 0.25) is 5.91 Å². The summed E-state index contributed by atoms with van der Waals surface area (Å²) in [6.07, 6.45) is 2.79. The molecule has 0 aromatic carbocycles. The maximum atomic E-state index is 12.6. The van der Waals surface area contributed by atoms with Crippen LogP contribution in [-0.2, 0) is 23.7 Å². The van der Waals surface area contributed by atoms with Crippen LogP contribution in [0.15, 0.2) is 0 Å². The number of hydrogen-bond donors (Lipinski definition) is 1. The van der Waals surface area contributed by atoms with E-state index in [0.29, 0.717) is 59.3 Å². The molecular weight excluding hydrogens is 498 g/mol. The summed E-state index contributed by atoms with van der Waals surface area (Å²) in [4.78, 5) is 22.5. The number of likely N-dealkylation sites (N-methyl/N-ethyl adjacent to an activating group) is 3. The Hall–Kier alpha value is -0.850. The fraction of sp³-hybridized carbons (Fsp3) is 0.966. The van der Waals surface area contributed by atoms with E-state index in [1.807, 2.05) is 0 Å². The van der Waals surface area contributed by atoms with Crippen LogP contribution in [0, 0.1) is 0 Å². The van der Waals surface area contributed by atoms with Crippen LogP contribution in [0.2, 0.25) is 0 Å². The number of ether oxygens (including phenoxy) is 4. The van der Waals surface area contributed by atoms with Gasteiger partial charge in [0.15, 0.2) is 0 Å². The second kappa shape index (κ2) is 26.1. The zero-order valence-corrected chi connectivity index (χ0v) is 25.8. The molecule has 0 unspecified atom stereocenters. The molecular formula is C29H61N5O5. The first kappa shape index (κ1) is 36.2. The molecule has 232 valence electrons. The molecule has 0 bridgehead atoms. The van der Waals surface area contributed by atoms with Gasteiger partial charge in [0, 0.05) is 91.9 Å². The van der Waals surface area contributed by atoms with Crippen molar-refractivity contribution in [3.8, 4) is 0 Å². The zero-order chi connectivity index (χ0) is 28.4. The van der Waals surface area contributed by atoms with E-state index >= 15 is 0 Å². The first-order valence-corrected chi connectivity index (χ1v) is 15.6. The summed E-state index contributed by atoms with van der Waals surface area (Å²) >= 11 is 0. The van der Waals surface area contributed by atoms with Gasteiger partial charge in [-0.05, 0) is 38.9 Å². The second-order valence-corrected chi connectivity index (χ2v) is 10.1. The molecule has 10 nitrogen and oxygen atoms in total. The number of carbonyl (C=O) groups excluding carboxylic acids is 1. The summed E-state index contributed by atoms with van der Waals surface area (Å²) in [6, 6.07) is 0. The van der Waals surface area contributed by atoms with Crippen LogP contribution in [0.1, 0.15) is 47.0 Å². The van der Waals surface area contributed by atoms with Gasteiger partial charge in [-0.25, -0.2) is 0 Å². The molecule has 0 aromatic rings. The Morgan fingerprint density at radius 1 is 0.538 bits per heavy atom. The van der Waals surface area contributed by atoms with Crippen molar-refractivity contribution < 1.29 is 23.7 Å². The van der Waals surface area contributed by atoms with E-state index in [2.05, 4.69) is 52.6 Å². The molecule has 1 aliphatic heterocycles. The maximum Gasteiger partial charge on any atom is 0.234 e. The predicted octanol–water partition coefficient (Wildman–Crippen LogP) is 1.64. The van der Waals surface area contributed by atoms with Gasteiger partial charge in [-0.3, -0.25) is 9.69 Å². The van der Waals surface area contributed by atoms with Crippen molar-refractivity contribution in [3.63, 3.8) is 0 Å². The fourth-order valence-electron chi connectivity index (χ4n) is 4.40. The van der Waals surface area contributed by atoms with E-state index in [9.17, 15) is 4.79 Å². The average Bonchev–Trinajstić information content (AvgIpc) is 2.94. The van der Waals surface area contributed by atoms with Crippen molar-refractivity contribution >= 4 is 5.91 Å². The molecule has 0 saturated carbocycles. The number of carbonyl (C=O) groups is 1. The van der Waals surface area contributed by atoms with Crippen molar-refractivity contribution in [1.82, 2.24) is 24.9 Å². The molecule has 39 heavy (non-hydrogen) atoms. The van der Waals surface area contributed by atoms with E-state index in [1.54, 1.807) is 0 Å². The Balaban J connectivity index is 2.13. The lowest BCUT2D eigenvalue weighted by molar-refractivity contribution is -0.122. The monoisotopic (exact) mass is 559 g/mol. The highest BCUT2D eigenvalue weighted by atomic mass is 16.5. The molecule has 1 saturated heterocycles. The summed E-state index contributed by atoms with van der Waals surface area (Å²) in [5.41, 5.74) is 0. The molecule has 0 aliphatic carbocycles. The molecule has 10 heteroatoms. The number of hydrogen-bond acceptors (Lipinski definition) is 9. The Bertz CT molecular complexity index is 540. The fourth-order valence-corrected chi connectivity index (χ4v) is 4.40. The van der Waals surface area contributed by atoms with Gasteiger partial charge < -0.3 is 39.0 Å². The molecule has 1 rings (SSSR count). The predicted molar refractivity (Wildman–Crippen MR) is 159 cm³/mol. The average molecular weight is 560 g/mol. The minimum atomic E-state index is 0.0800. The maximum absolute atomic E-state index is 12.6. The third kappa shape index (κ3) is 20.6. The lowest BCUT2D eigenvalue weighted by Crippen LogP contribution is -2.48. The third-order valence-corrected chi connectivity index (χ3v) is 7.08. The van der Waals surface area contributed by atoms with Crippen molar-refractivity contribution in [2.75, 3.05) is 138 Å². The highest BCUT2D eigenvalue weighted by molar-refractivity contribution is 5.77. The molecule has 0 aromatic heterocycles. The highest BCUT2D eigenvalue weighted by Gasteiger charge is 2.16. The summed E-state index contributed by atoms with van der Waals surface area (Å²) in [7, 11) is 0. The summed E-state index contributed by atoms with van der Waals surface area (Å²) in [5.74, 6) is 0.0800. The van der Waals surface area contributed by atoms with Gasteiger partial charge >= 0.3 is 0 Å². The zero-order valence-electron chi connectivity index (χ0n) is 25.8. The van der Waals surface area contributed by atoms with Gasteiger partial charge in [-0.2, -0.15) is 0 Å². The molecule has 0 radical (unpaired) electrons. The molecule has 0 atom stereocenters. The second-order valence-electron chi connectivity index (χ2n) is 10.1. The number of nitrogens with zero attached hydrogens (tertiary/aromatic N) is 4. The largest absolute Gasteiger partial charge is 0.381 e. The van der Waals surface area contributed by atoms with Crippen molar-refractivity contribution in [1.29, 1.82) is 0 Å². The molecule has 1 fully saturated rings. The van der Waals surface area contributed by atoms with Crippen LogP contribution < -0.4 is 5.32 Å². The Kier molecular flexibility index (Phi) is 24.2. The first-order chi connectivity index (χ1) is 19.1. The third-order valence-electron chi connectivity index (χ3n) is 7.08. The van der Waals surface area contributed by atoms with Crippen LogP contribution in [-0.4, -0.2) is 163 Å². The summed E-state index contributed by atoms with van der Waals surface area (Å²) in [6.45, 7) is 26.6. The quantitative estimate of drug-likeness (QED) is 0.211. The van der Waals surface area contributed by atoms with E-state index in [0.717, 1.165) is 97.9 Å². The Morgan fingerprint density at radius 3 is 1.36 bits per heavy atom. The van der Waals surface area contributed by atoms with Crippen LogP contribution >= 0.6 is 0 Å². The number of rotatable bonds is 21. The number of amides is 1. The highest BCUT2D eigenvalue weighted by Crippen LogP contribution is 2.00. The Labute approximate surface area is 239 Å². The summed E-state index contributed by atoms with van der Waals surface area (Å²) < 4.78 is 22.2. The van der Waals surface area contributed by atoms with Gasteiger partial charge in [0.05, 0.1) is 26.4 Å². The van der Waals surface area contributed by atoms with Crippen molar-refractivity contribution in [2.24, 2.45) is 0 Å². The van der Waals surface area contributed by atoms with Gasteiger partial charge in [-0.1, -0.05) is 27.7 Å². The van der Waals surface area contributed by atoms with E-state index in [4.69, 9.17) is 18.9 Å². The first-order valence-electron chi connectivity index (χ1n) is 15.6. The topological polar surface area (TPSA) is 79.0 Å². The minimum absolute atomic E-state index is 0.0800. The minimum Gasteiger partial charge on any atom is -0.381 e. The molecule has 1 amide bonds. The van der Waals surface area contributed by atoms with Crippen LogP contribution in [0.3, 0.4) is 0 Å². The van der Waals surface area contributed by atoms with E-state index < -0.39 is 0 Å². The molecule has 1 aliphatic rings. The van der Waals surface area contributed by atoms with Gasteiger partial charge in [0.25, 0.3) is 0 Å². The smallest absolute Gasteiger partial charge is 0.234 e. The van der Waals surface area contributed by atoms with Crippen molar-refractivity contribution in [2.45, 2.75) is 47.0 Å². The standard InChI is InChI=1S/C29H61N5O5/c1-5-20-36-26-27-39-24-10-22-37-21-9-23-38-25-11-30-29(35)28-34-18-16-32(7-3)14-12-31(6-2)13-15-33(8-4)17-19-34/h5-28H2,1-4H3,(H,30,35). The molecule has 0 spiro atoms. The van der Waals surface area contributed by atoms with Crippen LogP contribution in [0.25, 0.3) is 0 Å². The van der Waals surface area contributed by atoms with Gasteiger partial charge in [-0.15, -0.1) is 0 Å². The molecule has 1 heterocycles. The SMILES string of the molecule is CCCOCCOCCCOCCCOCCNC(=O)CN1CCN(CC)CCN(CC)CCN(CC)CC1. The van der Waals surface area contributed by atoms with Crippen LogP contribution in [0.4, 0.5) is 0 Å². The van der Waals surface area contributed by atoms with Crippen LogP contribution in [0.5, 0.6) is 0 Å². The van der Waals surface area contributed by atoms with E-state index in [1.165, 1.54) is 0 Å². The molecule has 1 N–H and O–H groups in total. The summed E-state index contributed by atoms with van der Waals surface area (Å²) in [5, 5.41) is 3.03. The lowest BCUT2D eigenvalue weighted by Gasteiger charge is -2.33. The van der Waals surface area contributed by atoms with Gasteiger partial charge in [0.1, 0.15) is 0 Å². The Morgan fingerprint density at radius 2 is 0.923 bits per heavy atom. The number of nitrogens with one attached hydrogen (secondary N) is 1. The van der Waals surface area contributed by atoms with E-state index in [-0.39, 0.29) is 5.91 Å². The van der Waals surface area contributed by atoms with Crippen molar-refractivity contribution in [3.05, 3.63) is 0 Å². The lowest BCUT2D eigenvalue weighted by atomic mass is 10.3.